The van der Waals surface area contributed by atoms with E-state index in [2.05, 4.69) is 10.1 Å². The third-order valence-corrected chi connectivity index (χ3v) is 5.84. The van der Waals surface area contributed by atoms with Crippen LogP contribution in [0.3, 0.4) is 0 Å². The first-order chi connectivity index (χ1) is 15.7. The highest BCUT2D eigenvalue weighted by molar-refractivity contribution is 5.94. The van der Waals surface area contributed by atoms with Gasteiger partial charge in [-0.1, -0.05) is 6.07 Å². The number of carbonyl (C=O) groups excluding carboxylic acids is 1. The average molecular weight is 458 g/mol. The number of amides is 2. The lowest BCUT2D eigenvalue weighted by Crippen LogP contribution is -2.53. The van der Waals surface area contributed by atoms with Gasteiger partial charge in [0, 0.05) is 42.5 Å². The van der Waals surface area contributed by atoms with Gasteiger partial charge in [0.1, 0.15) is 29.9 Å². The van der Waals surface area contributed by atoms with Crippen molar-refractivity contribution in [1.82, 2.24) is 19.7 Å². The summed E-state index contributed by atoms with van der Waals surface area (Å²) in [5.74, 6) is -1.75. The fraction of sp³-hybridized carbons (Fsp3) is 0.286. The van der Waals surface area contributed by atoms with Crippen LogP contribution in [0.2, 0.25) is 0 Å². The number of rotatable bonds is 7. The first-order valence-corrected chi connectivity index (χ1v) is 10.0. The van der Waals surface area contributed by atoms with Gasteiger partial charge >= 0.3 is 6.03 Å². The van der Waals surface area contributed by atoms with Gasteiger partial charge in [-0.25, -0.2) is 23.2 Å². The Bertz CT molecular complexity index is 1170. The van der Waals surface area contributed by atoms with Gasteiger partial charge in [-0.05, 0) is 25.1 Å². The van der Waals surface area contributed by atoms with Gasteiger partial charge in [0.05, 0.1) is 17.5 Å². The number of carbonyl (C=O) groups is 1. The Morgan fingerprint density at radius 2 is 1.94 bits per heavy atom. The maximum Gasteiger partial charge on any atom is 0.324 e. The van der Waals surface area contributed by atoms with E-state index in [4.69, 9.17) is 0 Å². The first kappa shape index (κ1) is 22.3. The summed E-state index contributed by atoms with van der Waals surface area (Å²) in [5.41, 5.74) is -1.81. The number of anilines is 1. The number of benzene rings is 2. The highest BCUT2D eigenvalue weighted by Gasteiger charge is 2.46. The molecule has 2 atom stereocenters. The van der Waals surface area contributed by atoms with E-state index in [0.717, 1.165) is 12.1 Å². The predicted molar refractivity (Wildman–Crippen MR) is 112 cm³/mol. The second kappa shape index (κ2) is 8.54. The summed E-state index contributed by atoms with van der Waals surface area (Å²) in [7, 11) is 0. The molecule has 0 saturated carbocycles. The fourth-order valence-corrected chi connectivity index (χ4v) is 4.01. The van der Waals surface area contributed by atoms with Crippen molar-refractivity contribution in [3.63, 3.8) is 0 Å². The van der Waals surface area contributed by atoms with Gasteiger partial charge in [-0.2, -0.15) is 5.10 Å². The standard InChI is InChI=1S/C21H20F2N6O4/c1-14(27-8-9-28(20(27)30)16-3-5-17(6-4-16)29(32)33)21(31,11-26-13-24-12-25-26)18-7-2-15(22)10-19(18)23/h2-7,10,12-14,31H,8-9,11H2,1H3/t14-,21-/m1/s1. The zero-order valence-electron chi connectivity index (χ0n) is 17.5. The van der Waals surface area contributed by atoms with Crippen LogP contribution in [0.1, 0.15) is 12.5 Å². The minimum absolute atomic E-state index is 0.107. The fourth-order valence-electron chi connectivity index (χ4n) is 4.01. The largest absolute Gasteiger partial charge is 0.381 e. The van der Waals surface area contributed by atoms with Crippen molar-refractivity contribution >= 4 is 17.4 Å². The minimum Gasteiger partial charge on any atom is -0.381 e. The van der Waals surface area contributed by atoms with E-state index in [1.807, 2.05) is 0 Å². The van der Waals surface area contributed by atoms with Crippen LogP contribution in [0.5, 0.6) is 0 Å². The van der Waals surface area contributed by atoms with Crippen LogP contribution in [0.4, 0.5) is 25.0 Å². The van der Waals surface area contributed by atoms with E-state index in [0.29, 0.717) is 11.8 Å². The van der Waals surface area contributed by atoms with Gasteiger partial charge < -0.3 is 10.0 Å². The SMILES string of the molecule is C[C@@H](N1CCN(c2ccc([N+](=O)[O-])cc2)C1=O)[C@](O)(Cn1cncn1)c1ccc(F)cc1F. The molecule has 0 radical (unpaired) electrons. The van der Waals surface area contributed by atoms with Crippen molar-refractivity contribution in [2.24, 2.45) is 0 Å². The molecule has 2 aromatic carbocycles. The molecular weight excluding hydrogens is 438 g/mol. The lowest BCUT2D eigenvalue weighted by molar-refractivity contribution is -0.384. The van der Waals surface area contributed by atoms with E-state index >= 15 is 0 Å². The second-order valence-electron chi connectivity index (χ2n) is 7.72. The summed E-state index contributed by atoms with van der Waals surface area (Å²) in [4.78, 5) is 30.2. The van der Waals surface area contributed by atoms with E-state index in [1.165, 1.54) is 51.4 Å². The van der Waals surface area contributed by atoms with Gasteiger partial charge in [-0.15, -0.1) is 0 Å². The van der Waals surface area contributed by atoms with E-state index < -0.39 is 34.2 Å². The van der Waals surface area contributed by atoms with Crippen LogP contribution in [-0.2, 0) is 12.1 Å². The Balaban J connectivity index is 1.65. The molecule has 3 aromatic rings. The summed E-state index contributed by atoms with van der Waals surface area (Å²) in [6, 6.07) is 6.96. The van der Waals surface area contributed by atoms with Crippen LogP contribution < -0.4 is 4.90 Å². The smallest absolute Gasteiger partial charge is 0.324 e. The Morgan fingerprint density at radius 3 is 2.55 bits per heavy atom. The zero-order chi connectivity index (χ0) is 23.8. The van der Waals surface area contributed by atoms with Crippen molar-refractivity contribution in [3.05, 3.63) is 82.4 Å². The molecule has 1 aliphatic rings. The lowest BCUT2D eigenvalue weighted by Gasteiger charge is -2.39. The molecule has 0 unspecified atom stereocenters. The number of hydrogen-bond acceptors (Lipinski definition) is 6. The molecule has 1 N–H and O–H groups in total. The minimum atomic E-state index is -1.97. The molecule has 1 saturated heterocycles. The summed E-state index contributed by atoms with van der Waals surface area (Å²) in [6.45, 7) is 1.79. The molecule has 2 heterocycles. The summed E-state index contributed by atoms with van der Waals surface area (Å²) in [5, 5.41) is 26.5. The molecule has 1 aliphatic heterocycles. The quantitative estimate of drug-likeness (QED) is 0.430. The number of aliphatic hydroxyl groups is 1. The normalized spacial score (nSPS) is 16.7. The molecule has 2 amide bonds. The maximum atomic E-state index is 14.7. The number of nitro groups is 1. The molecule has 0 bridgehead atoms. The number of hydrogen-bond donors (Lipinski definition) is 1. The highest BCUT2D eigenvalue weighted by Crippen LogP contribution is 2.35. The lowest BCUT2D eigenvalue weighted by atomic mass is 9.85. The molecule has 172 valence electrons. The topological polar surface area (TPSA) is 118 Å². The van der Waals surface area contributed by atoms with Crippen molar-refractivity contribution in [2.75, 3.05) is 18.0 Å². The van der Waals surface area contributed by atoms with Crippen LogP contribution in [0, 0.1) is 21.7 Å². The Labute approximate surface area is 186 Å². The average Bonchev–Trinajstić information content (AvgIpc) is 3.42. The van der Waals surface area contributed by atoms with Crippen LogP contribution in [-0.4, -0.2) is 54.9 Å². The molecule has 0 aliphatic carbocycles. The molecular formula is C21H20F2N6O4. The van der Waals surface area contributed by atoms with Crippen LogP contribution in [0.25, 0.3) is 0 Å². The first-order valence-electron chi connectivity index (χ1n) is 10.0. The van der Waals surface area contributed by atoms with Crippen molar-refractivity contribution < 1.29 is 23.6 Å². The van der Waals surface area contributed by atoms with Crippen LogP contribution >= 0.6 is 0 Å². The van der Waals surface area contributed by atoms with Gasteiger partial charge in [0.15, 0.2) is 0 Å². The Hall–Kier alpha value is -3.93. The molecule has 33 heavy (non-hydrogen) atoms. The molecule has 1 aromatic heterocycles. The van der Waals surface area contributed by atoms with Gasteiger partial charge in [-0.3, -0.25) is 15.0 Å². The zero-order valence-corrected chi connectivity index (χ0v) is 17.5. The Kier molecular flexibility index (Phi) is 5.77. The van der Waals surface area contributed by atoms with E-state index in [1.54, 1.807) is 6.92 Å². The van der Waals surface area contributed by atoms with Gasteiger partial charge in [0.2, 0.25) is 0 Å². The van der Waals surface area contributed by atoms with Crippen LogP contribution in [0.15, 0.2) is 55.1 Å². The highest BCUT2D eigenvalue weighted by atomic mass is 19.1. The number of nitro benzene ring substituents is 1. The summed E-state index contributed by atoms with van der Waals surface area (Å²) < 4.78 is 29.6. The van der Waals surface area contributed by atoms with Crippen molar-refractivity contribution in [3.8, 4) is 0 Å². The summed E-state index contributed by atoms with van der Waals surface area (Å²) in [6.07, 6.45) is 2.59. The van der Waals surface area contributed by atoms with E-state index in [9.17, 15) is 28.8 Å². The Morgan fingerprint density at radius 1 is 1.21 bits per heavy atom. The molecule has 12 heteroatoms. The predicted octanol–water partition coefficient (Wildman–Crippen LogP) is 2.68. The molecule has 4 rings (SSSR count). The number of aromatic nitrogens is 3. The monoisotopic (exact) mass is 458 g/mol. The second-order valence-corrected chi connectivity index (χ2v) is 7.72. The summed E-state index contributed by atoms with van der Waals surface area (Å²) >= 11 is 0. The van der Waals surface area contributed by atoms with E-state index in [-0.39, 0.29) is 30.9 Å². The third kappa shape index (κ3) is 4.12. The van der Waals surface area contributed by atoms with Gasteiger partial charge in [0.25, 0.3) is 5.69 Å². The number of non-ortho nitro benzene ring substituents is 1. The molecule has 10 nitrogen and oxygen atoms in total. The van der Waals surface area contributed by atoms with Crippen molar-refractivity contribution in [1.29, 1.82) is 0 Å². The number of halogens is 2. The van der Waals surface area contributed by atoms with Crippen molar-refractivity contribution in [2.45, 2.75) is 25.1 Å². The number of nitrogens with zero attached hydrogens (tertiary/aromatic N) is 6. The number of urea groups is 1. The molecule has 0 spiro atoms. The molecule has 1 fully saturated rings. The maximum absolute atomic E-state index is 14.7. The third-order valence-electron chi connectivity index (χ3n) is 5.84.